The minimum Gasteiger partial charge on any atom is -0.337 e. The van der Waals surface area contributed by atoms with E-state index < -0.39 is 5.76 Å². The molecule has 0 fully saturated rings. The summed E-state index contributed by atoms with van der Waals surface area (Å²) in [6.07, 6.45) is 3.07. The van der Waals surface area contributed by atoms with Crippen LogP contribution in [0.15, 0.2) is 66.3 Å². The van der Waals surface area contributed by atoms with E-state index in [-0.39, 0.29) is 23.7 Å². The fourth-order valence-corrected chi connectivity index (χ4v) is 3.91. The molecule has 0 saturated heterocycles. The normalized spacial score (nSPS) is 12.4. The highest BCUT2D eigenvalue weighted by molar-refractivity contribution is 7.99. The van der Waals surface area contributed by atoms with Gasteiger partial charge in [0.1, 0.15) is 19.2 Å². The third-order valence-electron chi connectivity index (χ3n) is 5.14. The van der Waals surface area contributed by atoms with Gasteiger partial charge in [0.05, 0.1) is 22.8 Å². The smallest absolute Gasteiger partial charge is 0.291 e. The summed E-state index contributed by atoms with van der Waals surface area (Å²) in [6.45, 7) is 1.84. The number of halogens is 2. The first-order valence-electron chi connectivity index (χ1n) is 9.54. The van der Waals surface area contributed by atoms with Gasteiger partial charge in [0, 0.05) is 7.05 Å². The maximum atomic E-state index is 13.0. The number of imidazole rings is 1. The number of carbonyl (C=O) groups excluding carboxylic acids is 1. The molecule has 31 heavy (non-hydrogen) atoms. The lowest BCUT2D eigenvalue weighted by atomic mass is 10.1. The molecular weight excluding hydrogens is 422 g/mol. The molecule has 0 spiro atoms. The Labute approximate surface area is 181 Å². The summed E-state index contributed by atoms with van der Waals surface area (Å²) in [6, 6.07) is 14.6. The van der Waals surface area contributed by atoms with E-state index in [9.17, 15) is 13.6 Å². The number of thioether (sulfide) groups is 1. The molecule has 0 radical (unpaired) electrons. The van der Waals surface area contributed by atoms with Crippen LogP contribution in [0.25, 0.3) is 16.7 Å². The highest BCUT2D eigenvalue weighted by Crippen LogP contribution is 2.29. The summed E-state index contributed by atoms with van der Waals surface area (Å²) in [5.74, 6) is -2.82. The Morgan fingerprint density at radius 3 is 2.58 bits per heavy atom. The zero-order chi connectivity index (χ0) is 22.0. The lowest BCUT2D eigenvalue weighted by Gasteiger charge is -2.26. The molecule has 1 atom stereocenters. The fraction of sp³-hybridized carbons (Fsp3) is 0.238. The molecule has 0 aliphatic carbocycles. The number of nitrogens with zero attached hydrogens (tertiary/aromatic N) is 6. The van der Waals surface area contributed by atoms with E-state index in [4.69, 9.17) is 0 Å². The fourth-order valence-electron chi connectivity index (χ4n) is 3.31. The Morgan fingerprint density at radius 1 is 1.16 bits per heavy atom. The van der Waals surface area contributed by atoms with Crippen molar-refractivity contribution in [1.82, 2.24) is 29.2 Å². The average Bonchev–Trinajstić information content (AvgIpc) is 3.41. The summed E-state index contributed by atoms with van der Waals surface area (Å²) < 4.78 is 29.2. The summed E-state index contributed by atoms with van der Waals surface area (Å²) in [5, 5.41) is 4.22. The molecule has 0 bridgehead atoms. The SMILES string of the molecule is C[C@H](c1ccc(-n2cncn2)cc1)N(C)C(=O)Cn1c(SC(F)F)nc2ccccc21. The van der Waals surface area contributed by atoms with E-state index in [2.05, 4.69) is 15.1 Å². The van der Waals surface area contributed by atoms with E-state index in [1.54, 1.807) is 51.8 Å². The van der Waals surface area contributed by atoms with Gasteiger partial charge >= 0.3 is 0 Å². The van der Waals surface area contributed by atoms with Crippen molar-refractivity contribution >= 4 is 28.7 Å². The van der Waals surface area contributed by atoms with E-state index >= 15 is 0 Å². The van der Waals surface area contributed by atoms with Crippen molar-refractivity contribution in [2.45, 2.75) is 30.4 Å². The Hall–Kier alpha value is -3.27. The lowest BCUT2D eigenvalue weighted by Crippen LogP contribution is -2.32. The van der Waals surface area contributed by atoms with Crippen molar-refractivity contribution in [3.63, 3.8) is 0 Å². The molecular formula is C21H20F2N6OS. The molecule has 4 rings (SSSR count). The van der Waals surface area contributed by atoms with Gasteiger partial charge in [-0.05, 0) is 48.5 Å². The molecule has 0 N–H and O–H groups in total. The Kier molecular flexibility index (Phi) is 5.99. The Bertz CT molecular complexity index is 1180. The van der Waals surface area contributed by atoms with Crippen LogP contribution in [0.2, 0.25) is 0 Å². The molecule has 0 aliphatic heterocycles. The number of hydrogen-bond acceptors (Lipinski definition) is 5. The number of para-hydroxylation sites is 2. The molecule has 10 heteroatoms. The van der Waals surface area contributed by atoms with Crippen molar-refractivity contribution in [3.05, 3.63) is 66.7 Å². The first kappa shape index (κ1) is 21.0. The van der Waals surface area contributed by atoms with Crippen LogP contribution in [0.4, 0.5) is 8.78 Å². The average molecular weight is 442 g/mol. The molecule has 4 aromatic rings. The number of likely N-dealkylation sites (N-methyl/N-ethyl adjacent to an activating group) is 1. The third-order valence-corrected chi connectivity index (χ3v) is 5.84. The highest BCUT2D eigenvalue weighted by atomic mass is 32.2. The standard InChI is InChI=1S/C21H20F2N6OS/c1-14(15-7-9-16(10-8-15)29-13-24-12-25-29)27(2)19(30)11-28-18-6-4-3-5-17(18)26-21(28)31-20(22)23/h3-10,12-14,20H,11H2,1-2H3/t14-/m1/s1. The largest absolute Gasteiger partial charge is 0.337 e. The van der Waals surface area contributed by atoms with Gasteiger partial charge in [-0.25, -0.2) is 14.6 Å². The number of rotatable bonds is 7. The van der Waals surface area contributed by atoms with E-state index in [1.165, 1.54) is 6.33 Å². The number of carbonyl (C=O) groups is 1. The van der Waals surface area contributed by atoms with E-state index in [1.807, 2.05) is 31.2 Å². The number of fused-ring (bicyclic) bond motifs is 1. The van der Waals surface area contributed by atoms with Crippen LogP contribution >= 0.6 is 11.8 Å². The van der Waals surface area contributed by atoms with Crippen molar-refractivity contribution in [1.29, 1.82) is 0 Å². The highest BCUT2D eigenvalue weighted by Gasteiger charge is 2.22. The van der Waals surface area contributed by atoms with Crippen molar-refractivity contribution in [2.24, 2.45) is 0 Å². The molecule has 2 heterocycles. The summed E-state index contributed by atoms with van der Waals surface area (Å²) in [5.41, 5.74) is 3.04. The second-order valence-electron chi connectivity index (χ2n) is 6.96. The second kappa shape index (κ2) is 8.84. The first-order valence-corrected chi connectivity index (χ1v) is 10.4. The quantitative estimate of drug-likeness (QED) is 0.402. The topological polar surface area (TPSA) is 68.8 Å². The molecule has 0 unspecified atom stereocenters. The Morgan fingerprint density at radius 2 is 1.90 bits per heavy atom. The van der Waals surface area contributed by atoms with Crippen LogP contribution in [-0.2, 0) is 11.3 Å². The van der Waals surface area contributed by atoms with Crippen LogP contribution in [-0.4, -0.2) is 47.9 Å². The van der Waals surface area contributed by atoms with Gasteiger partial charge in [-0.2, -0.15) is 13.9 Å². The predicted octanol–water partition coefficient (Wildman–Crippen LogP) is 4.15. The molecule has 2 aromatic heterocycles. The minimum absolute atomic E-state index is 0.0759. The van der Waals surface area contributed by atoms with Crippen molar-refractivity contribution in [2.75, 3.05) is 7.05 Å². The van der Waals surface area contributed by atoms with Crippen LogP contribution < -0.4 is 0 Å². The zero-order valence-electron chi connectivity index (χ0n) is 16.9. The molecule has 0 saturated carbocycles. The van der Waals surface area contributed by atoms with Crippen molar-refractivity contribution in [3.8, 4) is 5.69 Å². The summed E-state index contributed by atoms with van der Waals surface area (Å²) in [7, 11) is 1.71. The molecule has 2 aromatic carbocycles. The number of alkyl halides is 2. The molecule has 0 aliphatic rings. The lowest BCUT2D eigenvalue weighted by molar-refractivity contribution is -0.132. The van der Waals surface area contributed by atoms with Crippen LogP contribution in [0, 0.1) is 0 Å². The monoisotopic (exact) mass is 442 g/mol. The second-order valence-corrected chi connectivity index (χ2v) is 7.92. The van der Waals surface area contributed by atoms with Crippen LogP contribution in [0.5, 0.6) is 0 Å². The molecule has 7 nitrogen and oxygen atoms in total. The maximum absolute atomic E-state index is 13.0. The maximum Gasteiger partial charge on any atom is 0.291 e. The van der Waals surface area contributed by atoms with Crippen molar-refractivity contribution < 1.29 is 13.6 Å². The minimum atomic E-state index is -2.62. The number of aromatic nitrogens is 5. The molecule has 160 valence electrons. The van der Waals surface area contributed by atoms with Gasteiger partial charge in [0.2, 0.25) is 5.91 Å². The summed E-state index contributed by atoms with van der Waals surface area (Å²) in [4.78, 5) is 22.8. The van der Waals surface area contributed by atoms with Gasteiger partial charge in [-0.1, -0.05) is 24.3 Å². The summed E-state index contributed by atoms with van der Waals surface area (Å²) >= 11 is 0.344. The first-order chi connectivity index (χ1) is 14.9. The van der Waals surface area contributed by atoms with Crippen LogP contribution in [0.1, 0.15) is 18.5 Å². The number of hydrogen-bond donors (Lipinski definition) is 0. The van der Waals surface area contributed by atoms with Gasteiger partial charge in [-0.15, -0.1) is 0 Å². The van der Waals surface area contributed by atoms with Crippen LogP contribution in [0.3, 0.4) is 0 Å². The predicted molar refractivity (Wildman–Crippen MR) is 114 cm³/mol. The zero-order valence-corrected chi connectivity index (χ0v) is 17.7. The van der Waals surface area contributed by atoms with E-state index in [0.29, 0.717) is 22.8 Å². The van der Waals surface area contributed by atoms with Gasteiger partial charge in [0.15, 0.2) is 5.16 Å². The number of benzene rings is 2. The van der Waals surface area contributed by atoms with Gasteiger partial charge in [0.25, 0.3) is 5.76 Å². The third kappa shape index (κ3) is 4.43. The van der Waals surface area contributed by atoms with E-state index in [0.717, 1.165) is 11.3 Å². The Balaban J connectivity index is 1.53. The van der Waals surface area contributed by atoms with Gasteiger partial charge < -0.3 is 9.47 Å². The molecule has 1 amide bonds. The number of amides is 1. The van der Waals surface area contributed by atoms with Gasteiger partial charge in [-0.3, -0.25) is 4.79 Å².